The van der Waals surface area contributed by atoms with Gasteiger partial charge in [0.1, 0.15) is 0 Å². The number of hydrogen-bond donors (Lipinski definition) is 2. The summed E-state index contributed by atoms with van der Waals surface area (Å²) in [5.74, 6) is 0. The molecular formula is C21H39N3O3. The van der Waals surface area contributed by atoms with Crippen molar-refractivity contribution in [2.75, 3.05) is 0 Å². The molecular weight excluding hydrogens is 342 g/mol. The van der Waals surface area contributed by atoms with Crippen LogP contribution in [0.25, 0.3) is 0 Å². The molecule has 0 bridgehead atoms. The van der Waals surface area contributed by atoms with E-state index in [1.54, 1.807) is 0 Å². The van der Waals surface area contributed by atoms with Crippen molar-refractivity contribution in [3.8, 4) is 0 Å². The number of hydrogen-bond acceptors (Lipinski definition) is 3. The van der Waals surface area contributed by atoms with E-state index in [9.17, 15) is 14.4 Å². The minimum Gasteiger partial charge on any atom is -0.259 e. The third kappa shape index (κ3) is 11.7. The third-order valence-corrected chi connectivity index (χ3v) is 5.17. The van der Waals surface area contributed by atoms with Crippen LogP contribution in [0.2, 0.25) is 0 Å². The Bertz CT molecular complexity index is 611. The average Bonchev–Trinajstić information content (AvgIpc) is 2.63. The first-order valence-electron chi connectivity index (χ1n) is 11.1. The molecule has 1 aromatic heterocycles. The summed E-state index contributed by atoms with van der Waals surface area (Å²) in [4.78, 5) is 38.2. The Morgan fingerprint density at radius 1 is 0.556 bits per heavy atom. The quantitative estimate of drug-likeness (QED) is 0.390. The number of nitrogens with zero attached hydrogens (tertiary/aromatic N) is 1. The Kier molecular flexibility index (Phi) is 13.4. The van der Waals surface area contributed by atoms with Crippen LogP contribution in [0.3, 0.4) is 0 Å². The third-order valence-electron chi connectivity index (χ3n) is 5.17. The predicted molar refractivity (Wildman–Crippen MR) is 111 cm³/mol. The molecule has 1 rings (SSSR count). The second kappa shape index (κ2) is 15.5. The lowest BCUT2D eigenvalue weighted by molar-refractivity contribution is 0.507. The summed E-state index contributed by atoms with van der Waals surface area (Å²) in [6.45, 7) is 2.63. The molecule has 0 unspecified atom stereocenters. The van der Waals surface area contributed by atoms with Crippen molar-refractivity contribution in [2.24, 2.45) is 0 Å². The molecule has 0 atom stereocenters. The zero-order chi connectivity index (χ0) is 19.7. The van der Waals surface area contributed by atoms with E-state index in [4.69, 9.17) is 0 Å². The highest BCUT2D eigenvalue weighted by atomic mass is 16.2. The lowest BCUT2D eigenvalue weighted by atomic mass is 10.0. The topological polar surface area (TPSA) is 87.7 Å². The van der Waals surface area contributed by atoms with Gasteiger partial charge in [0.15, 0.2) is 0 Å². The van der Waals surface area contributed by atoms with Gasteiger partial charge in [0.25, 0.3) is 0 Å². The van der Waals surface area contributed by atoms with Gasteiger partial charge < -0.3 is 0 Å². The molecule has 27 heavy (non-hydrogen) atoms. The van der Waals surface area contributed by atoms with Crippen molar-refractivity contribution in [2.45, 2.75) is 116 Å². The fourth-order valence-electron chi connectivity index (χ4n) is 3.47. The van der Waals surface area contributed by atoms with Crippen LogP contribution in [0.4, 0.5) is 0 Å². The predicted octanol–water partition coefficient (Wildman–Crippen LogP) is 4.49. The molecule has 0 spiro atoms. The van der Waals surface area contributed by atoms with Crippen LogP contribution in [0, 0.1) is 0 Å². The Hall–Kier alpha value is -1.59. The van der Waals surface area contributed by atoms with Gasteiger partial charge >= 0.3 is 17.1 Å². The number of H-pyrrole nitrogens is 2. The van der Waals surface area contributed by atoms with Gasteiger partial charge in [-0.15, -0.1) is 0 Å². The van der Waals surface area contributed by atoms with E-state index in [0.717, 1.165) is 23.8 Å². The molecule has 1 aromatic rings. The number of aromatic nitrogens is 3. The van der Waals surface area contributed by atoms with Gasteiger partial charge in [-0.2, -0.15) is 0 Å². The molecule has 0 aliphatic carbocycles. The van der Waals surface area contributed by atoms with Crippen molar-refractivity contribution < 1.29 is 0 Å². The molecule has 0 aliphatic rings. The van der Waals surface area contributed by atoms with E-state index < -0.39 is 17.1 Å². The van der Waals surface area contributed by atoms with Crippen LogP contribution in [-0.2, 0) is 6.54 Å². The minimum atomic E-state index is -0.742. The summed E-state index contributed by atoms with van der Waals surface area (Å²) in [5, 5.41) is 0. The van der Waals surface area contributed by atoms with Crippen LogP contribution in [0.5, 0.6) is 0 Å². The van der Waals surface area contributed by atoms with Gasteiger partial charge in [-0.05, 0) is 6.42 Å². The van der Waals surface area contributed by atoms with Gasteiger partial charge in [0, 0.05) is 6.54 Å². The molecule has 0 fully saturated rings. The van der Waals surface area contributed by atoms with E-state index >= 15 is 0 Å². The number of nitrogens with one attached hydrogen (secondary N) is 2. The molecule has 6 heteroatoms. The molecule has 0 saturated heterocycles. The molecule has 0 aromatic carbocycles. The lowest BCUT2D eigenvalue weighted by Crippen LogP contribution is -2.43. The fraction of sp³-hybridized carbons (Fsp3) is 0.857. The Morgan fingerprint density at radius 3 is 1.26 bits per heavy atom. The maximum absolute atomic E-state index is 11.5. The first-order valence-corrected chi connectivity index (χ1v) is 11.1. The SMILES string of the molecule is CCCCCCCCCCCCCCCCCCn1c(=O)[nH]c(=O)[nH]c1=O. The van der Waals surface area contributed by atoms with Crippen LogP contribution in [0.15, 0.2) is 14.4 Å². The van der Waals surface area contributed by atoms with Crippen molar-refractivity contribution >= 4 is 0 Å². The summed E-state index contributed by atoms with van der Waals surface area (Å²) in [6.07, 6.45) is 20.6. The van der Waals surface area contributed by atoms with E-state index in [2.05, 4.69) is 16.9 Å². The zero-order valence-electron chi connectivity index (χ0n) is 17.2. The van der Waals surface area contributed by atoms with Crippen molar-refractivity contribution in [1.82, 2.24) is 14.5 Å². The second-order valence-corrected chi connectivity index (χ2v) is 7.64. The Balaban J connectivity index is 1.88. The van der Waals surface area contributed by atoms with Crippen molar-refractivity contribution in [1.29, 1.82) is 0 Å². The highest BCUT2D eigenvalue weighted by Crippen LogP contribution is 2.13. The summed E-state index contributed by atoms with van der Waals surface area (Å²) in [7, 11) is 0. The largest absolute Gasteiger partial charge is 0.333 e. The summed E-state index contributed by atoms with van der Waals surface area (Å²) >= 11 is 0. The highest BCUT2D eigenvalue weighted by molar-refractivity contribution is 4.69. The highest BCUT2D eigenvalue weighted by Gasteiger charge is 2.02. The molecule has 1 heterocycles. The van der Waals surface area contributed by atoms with E-state index in [0.29, 0.717) is 6.54 Å². The van der Waals surface area contributed by atoms with Crippen LogP contribution in [0.1, 0.15) is 110 Å². The van der Waals surface area contributed by atoms with Gasteiger partial charge in [-0.1, -0.05) is 103 Å². The first-order chi connectivity index (χ1) is 13.1. The monoisotopic (exact) mass is 381 g/mol. The molecule has 0 aliphatic heterocycles. The van der Waals surface area contributed by atoms with Gasteiger partial charge in [0.2, 0.25) is 0 Å². The van der Waals surface area contributed by atoms with Gasteiger partial charge in [0.05, 0.1) is 0 Å². The number of rotatable bonds is 17. The van der Waals surface area contributed by atoms with Gasteiger partial charge in [-0.25, -0.2) is 19.0 Å². The number of unbranched alkanes of at least 4 members (excludes halogenated alkanes) is 15. The zero-order valence-corrected chi connectivity index (χ0v) is 17.2. The summed E-state index contributed by atoms with van der Waals surface area (Å²) in [6, 6.07) is 0. The minimum absolute atomic E-state index is 0.364. The van der Waals surface area contributed by atoms with E-state index in [-0.39, 0.29) is 0 Å². The molecule has 0 amide bonds. The van der Waals surface area contributed by atoms with E-state index in [1.165, 1.54) is 83.5 Å². The lowest BCUT2D eigenvalue weighted by Gasteiger charge is -2.04. The van der Waals surface area contributed by atoms with E-state index in [1.807, 2.05) is 0 Å². The molecule has 0 radical (unpaired) electrons. The molecule has 2 N–H and O–H groups in total. The molecule has 156 valence electrons. The maximum atomic E-state index is 11.5. The summed E-state index contributed by atoms with van der Waals surface area (Å²) in [5.41, 5.74) is -1.98. The fourth-order valence-corrected chi connectivity index (χ4v) is 3.47. The van der Waals surface area contributed by atoms with Crippen LogP contribution >= 0.6 is 0 Å². The average molecular weight is 382 g/mol. The maximum Gasteiger partial charge on any atom is 0.333 e. The number of aromatic amines is 2. The second-order valence-electron chi connectivity index (χ2n) is 7.64. The van der Waals surface area contributed by atoms with Crippen molar-refractivity contribution in [3.63, 3.8) is 0 Å². The Labute approximate surface area is 162 Å². The smallest absolute Gasteiger partial charge is 0.259 e. The first kappa shape index (κ1) is 23.4. The normalized spacial score (nSPS) is 11.1. The van der Waals surface area contributed by atoms with Crippen LogP contribution < -0.4 is 17.1 Å². The van der Waals surface area contributed by atoms with Crippen LogP contribution in [-0.4, -0.2) is 14.5 Å². The summed E-state index contributed by atoms with van der Waals surface area (Å²) < 4.78 is 1.06. The standard InChI is InChI=1S/C21H39N3O3/c1-2-3-4-5-6-7-8-9-10-11-12-13-14-15-16-17-18-24-20(26)22-19(25)23-21(24)27/h2-18H2,1H3,(H2,22,23,25,26,27). The van der Waals surface area contributed by atoms with Crippen molar-refractivity contribution in [3.05, 3.63) is 31.5 Å². The van der Waals surface area contributed by atoms with Gasteiger partial charge in [-0.3, -0.25) is 9.97 Å². The Morgan fingerprint density at radius 2 is 0.889 bits per heavy atom. The molecule has 0 saturated carbocycles. The molecule has 6 nitrogen and oxygen atoms in total.